The Bertz CT molecular complexity index is 90.5. The van der Waals surface area contributed by atoms with Crippen LogP contribution in [0, 0.1) is 0 Å². The number of hydrogen-bond donors (Lipinski definition) is 0. The molecule has 0 amide bonds. The summed E-state index contributed by atoms with van der Waals surface area (Å²) < 4.78 is 8.13. The van der Waals surface area contributed by atoms with E-state index in [-0.39, 0.29) is 22.4 Å². The Kier molecular flexibility index (Phi) is 5.31. The van der Waals surface area contributed by atoms with E-state index in [4.69, 9.17) is 0 Å². The van der Waals surface area contributed by atoms with Crippen LogP contribution in [0.3, 0.4) is 0 Å². The van der Waals surface area contributed by atoms with Crippen molar-refractivity contribution in [3.63, 3.8) is 0 Å². The predicted molar refractivity (Wildman–Crippen MR) is 20.6 cm³/mol. The molecule has 0 atom stereocenters. The molecule has 0 spiro atoms. The quantitative estimate of drug-likeness (QED) is 0.481. The fourth-order valence-corrected chi connectivity index (χ4v) is 0. The second-order valence-corrected chi connectivity index (χ2v) is 2.02. The number of carboxylic acids is 1. The van der Waals surface area contributed by atoms with Gasteiger partial charge >= 0.3 is 22.4 Å². The second kappa shape index (κ2) is 3.69. The molecule has 0 bridgehead atoms. The van der Waals surface area contributed by atoms with Gasteiger partial charge in [0, 0.05) is 0 Å². The summed E-state index contributed by atoms with van der Waals surface area (Å²) in [5, 5.41) is 9.27. The van der Waals surface area contributed by atoms with Crippen LogP contribution < -0.4 is 5.11 Å². The summed E-state index contributed by atoms with van der Waals surface area (Å²) in [5.41, 5.74) is 0. The molecule has 0 fully saturated rings. The van der Waals surface area contributed by atoms with E-state index in [0.717, 1.165) is 0 Å². The van der Waals surface area contributed by atoms with Crippen molar-refractivity contribution >= 4 is 29.2 Å². The Morgan fingerprint density at radius 2 is 1.75 bits per heavy atom. The number of alkyl halides is 3. The molecular weight excluding hydrogens is 254 g/mol. The van der Waals surface area contributed by atoms with Gasteiger partial charge in [0.1, 0.15) is 5.97 Å². The first-order chi connectivity index (χ1) is 2.94. The van der Waals surface area contributed by atoms with Gasteiger partial charge in [-0.25, -0.2) is 4.39 Å². The molecule has 0 saturated carbocycles. The van der Waals surface area contributed by atoms with E-state index in [9.17, 15) is 14.3 Å². The average molecular weight is 254 g/mol. The molecule has 0 aliphatic carbocycles. The van der Waals surface area contributed by atoms with Gasteiger partial charge < -0.3 is 9.90 Å². The zero-order valence-electron chi connectivity index (χ0n) is 3.25. The van der Waals surface area contributed by atoms with Gasteiger partial charge in [0.25, 0.3) is 4.59 Å². The predicted octanol–water partition coefficient (Wildman–Crippen LogP) is -0.165. The summed E-state index contributed by atoms with van der Waals surface area (Å²) in [6.07, 6.45) is 0. The zero-order chi connectivity index (χ0) is 6.08. The van der Waals surface area contributed by atoms with Gasteiger partial charge in [-0.3, -0.25) is 0 Å². The molecule has 0 aromatic rings. The minimum Gasteiger partial charge on any atom is -0.544 e. The third kappa shape index (κ3) is 4.87. The summed E-state index contributed by atoms with van der Waals surface area (Å²) in [6, 6.07) is 0. The molecule has 6 heteroatoms. The van der Waals surface area contributed by atoms with Crippen LogP contribution in [0.1, 0.15) is 0 Å². The summed E-state index contributed by atoms with van der Waals surface area (Å²) in [6.45, 7) is 0. The van der Waals surface area contributed by atoms with Crippen molar-refractivity contribution in [3.8, 4) is 0 Å². The van der Waals surface area contributed by atoms with Crippen LogP contribution in [-0.2, 0) is 27.2 Å². The third-order valence-electron chi connectivity index (χ3n) is 0.231. The minimum atomic E-state index is -3.25. The molecule has 0 aliphatic rings. The number of aliphatic carboxylic acids is 1. The van der Waals surface area contributed by atoms with Crippen molar-refractivity contribution in [2.24, 2.45) is 0 Å². The molecule has 0 saturated heterocycles. The molecule has 2 nitrogen and oxygen atoms in total. The Morgan fingerprint density at radius 1 is 1.62 bits per heavy atom. The van der Waals surface area contributed by atoms with Gasteiger partial charge in [0.2, 0.25) is 0 Å². The van der Waals surface area contributed by atoms with Gasteiger partial charge in [0.15, 0.2) is 0 Å². The Morgan fingerprint density at radius 3 is 1.75 bits per heavy atom. The van der Waals surface area contributed by atoms with E-state index in [1.165, 1.54) is 0 Å². The van der Waals surface area contributed by atoms with Gasteiger partial charge in [-0.05, 0) is 0 Å². The van der Waals surface area contributed by atoms with Crippen LogP contribution in [0.25, 0.3) is 0 Å². The topological polar surface area (TPSA) is 40.1 Å². The Balaban J connectivity index is 0. The van der Waals surface area contributed by atoms with Crippen molar-refractivity contribution < 1.29 is 36.7 Å². The normalized spacial score (nSPS) is 9.88. The van der Waals surface area contributed by atoms with Crippen LogP contribution in [0.4, 0.5) is 4.39 Å². The fraction of sp³-hybridized carbons (Fsp3) is 0.500. The Labute approximate surface area is 70.5 Å². The first-order valence-corrected chi connectivity index (χ1v) is 1.98. The van der Waals surface area contributed by atoms with E-state index >= 15 is 0 Å². The fourth-order valence-electron chi connectivity index (χ4n) is 0. The van der Waals surface area contributed by atoms with Crippen molar-refractivity contribution in [3.05, 3.63) is 0 Å². The van der Waals surface area contributed by atoms with Crippen LogP contribution in [-0.4, -0.2) is 10.6 Å². The summed E-state index contributed by atoms with van der Waals surface area (Å²) in [7, 11) is 0. The molecule has 0 rings (SSSR count). The monoisotopic (exact) mass is 252 g/mol. The van der Waals surface area contributed by atoms with Crippen molar-refractivity contribution in [1.29, 1.82) is 0 Å². The number of carbonyl (C=O) groups excluding carboxylic acids is 1. The average Bonchev–Trinajstić information content (AvgIpc) is 1.31. The molecule has 0 aliphatic heterocycles. The van der Waals surface area contributed by atoms with Crippen LogP contribution in [0.5, 0.6) is 0 Å². The summed E-state index contributed by atoms with van der Waals surface area (Å²) in [5.74, 6) is -2.14. The van der Waals surface area contributed by atoms with Crippen LogP contribution in [0.15, 0.2) is 0 Å². The number of halogens is 3. The Hall–Kier alpha value is 0.720. The van der Waals surface area contributed by atoms with Gasteiger partial charge in [0.05, 0.1) is 0 Å². The largest absolute Gasteiger partial charge is 1.00 e. The molecule has 0 unspecified atom stereocenters. The maximum Gasteiger partial charge on any atom is 1.00 e. The standard InChI is InChI=1S/C2HCl2FO2.Ag/c3-2(4,5)1(6)7;/h(H,6,7);/q;+1/p-1. The van der Waals surface area contributed by atoms with E-state index in [2.05, 4.69) is 23.2 Å². The molecule has 52 valence electrons. The van der Waals surface area contributed by atoms with E-state index in [1.807, 2.05) is 0 Å². The molecule has 8 heavy (non-hydrogen) atoms. The maximum atomic E-state index is 11.4. The molecular formula is C2AgCl2FO2. The number of carboxylic acid groups (broad SMARTS) is 1. The van der Waals surface area contributed by atoms with Crippen molar-refractivity contribution in [1.82, 2.24) is 0 Å². The SMILES string of the molecule is O=C([O-])C(F)(Cl)Cl.[Ag+]. The first-order valence-electron chi connectivity index (χ1n) is 1.23. The molecule has 0 heterocycles. The van der Waals surface area contributed by atoms with Crippen molar-refractivity contribution in [2.75, 3.05) is 0 Å². The number of rotatable bonds is 1. The van der Waals surface area contributed by atoms with Gasteiger partial charge in [-0.2, -0.15) is 0 Å². The number of hydrogen-bond acceptors (Lipinski definition) is 2. The van der Waals surface area contributed by atoms with E-state index in [1.54, 1.807) is 0 Å². The smallest absolute Gasteiger partial charge is 0.544 e. The van der Waals surface area contributed by atoms with Crippen LogP contribution >= 0.6 is 23.2 Å². The molecule has 0 radical (unpaired) electrons. The first kappa shape index (κ1) is 11.5. The van der Waals surface area contributed by atoms with E-state index in [0.29, 0.717) is 0 Å². The maximum absolute atomic E-state index is 11.4. The van der Waals surface area contributed by atoms with Crippen molar-refractivity contribution in [2.45, 2.75) is 4.59 Å². The van der Waals surface area contributed by atoms with Gasteiger partial charge in [-0.1, -0.05) is 23.2 Å². The third-order valence-corrected chi connectivity index (χ3v) is 0.540. The molecule has 0 aromatic heterocycles. The van der Waals surface area contributed by atoms with Crippen LogP contribution in [0.2, 0.25) is 0 Å². The van der Waals surface area contributed by atoms with E-state index < -0.39 is 10.6 Å². The zero-order valence-corrected chi connectivity index (χ0v) is 6.25. The van der Waals surface area contributed by atoms with Gasteiger partial charge in [-0.15, -0.1) is 0 Å². The summed E-state index contributed by atoms with van der Waals surface area (Å²) >= 11 is 8.61. The minimum absolute atomic E-state index is 0. The second-order valence-electron chi connectivity index (χ2n) is 0.785. The summed E-state index contributed by atoms with van der Waals surface area (Å²) in [4.78, 5) is 9.27. The number of carbonyl (C=O) groups is 1. The molecule has 0 aromatic carbocycles. The molecule has 0 N–H and O–H groups in total.